The van der Waals surface area contributed by atoms with Crippen LogP contribution in [0.4, 0.5) is 0 Å². The summed E-state index contributed by atoms with van der Waals surface area (Å²) in [6, 6.07) is 0. The molecule has 0 saturated heterocycles. The molecular formula is C4H3-. The fourth-order valence-corrected chi connectivity index (χ4v) is 0. The summed E-state index contributed by atoms with van der Waals surface area (Å²) in [6.07, 6.45) is 6.81. The first-order valence-electron chi connectivity index (χ1n) is 0.892. The van der Waals surface area contributed by atoms with Gasteiger partial charge in [-0.15, -0.1) is 0 Å². The fraction of sp³-hybridized carbons (Fsp3) is 0. The van der Waals surface area contributed by atoms with E-state index in [2.05, 4.69) is 25.0 Å². The van der Waals surface area contributed by atoms with Crippen LogP contribution in [0.25, 0.3) is 0 Å². The molecule has 0 aliphatic carbocycles. The van der Waals surface area contributed by atoms with Gasteiger partial charge < -0.3 is 12.3 Å². The molecule has 0 spiro atoms. The van der Waals surface area contributed by atoms with Crippen LogP contribution in [0.3, 0.4) is 0 Å². The van der Waals surface area contributed by atoms with Crippen LogP contribution in [0.5, 0.6) is 0 Å². The second kappa shape index (κ2) is 2.30. The van der Waals surface area contributed by atoms with Crippen molar-refractivity contribution in [1.82, 2.24) is 0 Å². The summed E-state index contributed by atoms with van der Waals surface area (Å²) in [4.78, 5) is 0. The summed E-state index contributed by atoms with van der Waals surface area (Å²) in [6.45, 7) is 3.12. The maximum atomic E-state index is 4.60. The Balaban J connectivity index is 2.92. The number of hydrogen-bond acceptors (Lipinski definition) is 0. The molecule has 0 amide bonds. The van der Waals surface area contributed by atoms with Gasteiger partial charge in [-0.05, 0) is 0 Å². The topological polar surface area (TPSA) is 0 Å². The van der Waals surface area contributed by atoms with Crippen molar-refractivity contribution in [1.29, 1.82) is 0 Å². The van der Waals surface area contributed by atoms with Gasteiger partial charge in [0.25, 0.3) is 0 Å². The van der Waals surface area contributed by atoms with Crippen molar-refractivity contribution in [2.24, 2.45) is 0 Å². The number of allylic oxidation sites excluding steroid dienone is 1. The minimum Gasteiger partial charge on any atom is -0.345 e. The van der Waals surface area contributed by atoms with Crippen LogP contribution >= 0.6 is 0 Å². The van der Waals surface area contributed by atoms with Crippen molar-refractivity contribution < 1.29 is 0 Å². The van der Waals surface area contributed by atoms with E-state index in [4.69, 9.17) is 0 Å². The molecule has 0 radical (unpaired) electrons. The van der Waals surface area contributed by atoms with E-state index < -0.39 is 0 Å². The summed E-state index contributed by atoms with van der Waals surface area (Å²) in [5.41, 5.74) is 0. The molecule has 0 aliphatic heterocycles. The van der Waals surface area contributed by atoms with Crippen molar-refractivity contribution in [3.8, 4) is 12.3 Å². The maximum Gasteiger partial charge on any atom is -0.183 e. The highest BCUT2D eigenvalue weighted by Gasteiger charge is 1.07. The molecule has 0 heteroatoms. The maximum absolute atomic E-state index is 4.60. The van der Waals surface area contributed by atoms with Gasteiger partial charge in [0.05, 0.1) is 0 Å². The first-order chi connectivity index (χ1) is 1.91. The summed E-state index contributed by atoms with van der Waals surface area (Å²) in [5.74, 6) is 2.07. The number of terminal acetylenes is 1. The number of hydrogen-bond donors (Lipinski definition) is 0. The lowest BCUT2D eigenvalue weighted by Crippen LogP contribution is -1.27. The average molecular weight is 51.1 g/mol. The summed E-state index contributed by atoms with van der Waals surface area (Å²) in [5, 5.41) is 0. The van der Waals surface area contributed by atoms with Crippen molar-refractivity contribution in [3.05, 3.63) is 12.7 Å². The molecule has 0 heterocycles. The Kier molecular flexibility index (Phi) is 1.90. The van der Waals surface area contributed by atoms with E-state index in [0.717, 1.165) is 0 Å². The van der Waals surface area contributed by atoms with Gasteiger partial charge in [-0.2, -0.15) is 6.58 Å². The molecule has 0 nitrogen and oxygen atoms in total. The van der Waals surface area contributed by atoms with Crippen LogP contribution < -0.4 is 0 Å². The Morgan fingerprint density at radius 1 is 2.00 bits per heavy atom. The van der Waals surface area contributed by atoms with Gasteiger partial charge in [0.1, 0.15) is 0 Å². The molecule has 0 rings (SSSR count). The van der Waals surface area contributed by atoms with E-state index in [-0.39, 0.29) is 0 Å². The second-order valence-electron chi connectivity index (χ2n) is 0.321. The highest BCUT2D eigenvalue weighted by Crippen LogP contribution is 1.38. The third-order valence-electron chi connectivity index (χ3n) is 0.102. The van der Waals surface area contributed by atoms with Crippen molar-refractivity contribution in [2.75, 3.05) is 0 Å². The third-order valence-corrected chi connectivity index (χ3v) is 0.102. The van der Waals surface area contributed by atoms with E-state index in [9.17, 15) is 0 Å². The van der Waals surface area contributed by atoms with E-state index in [0.29, 0.717) is 0 Å². The zero-order chi connectivity index (χ0) is 3.41. The normalized spacial score (nSPS) is 3.75. The van der Waals surface area contributed by atoms with E-state index in [1.54, 1.807) is 0 Å². The van der Waals surface area contributed by atoms with Gasteiger partial charge >= 0.3 is 0 Å². The zero-order valence-corrected chi connectivity index (χ0v) is 2.28. The molecule has 0 bridgehead atoms. The van der Waals surface area contributed by atoms with Crippen LogP contribution in [0.1, 0.15) is 0 Å². The molecule has 20 valence electrons. The Bertz CT molecular complexity index is 45.5. The molecule has 0 saturated carbocycles. The van der Waals surface area contributed by atoms with Crippen molar-refractivity contribution in [3.63, 3.8) is 0 Å². The van der Waals surface area contributed by atoms with Gasteiger partial charge in [-0.3, -0.25) is 0 Å². The monoisotopic (exact) mass is 51.0 g/mol. The highest BCUT2D eigenvalue weighted by atomic mass is 13.3. The third kappa shape index (κ3) is 1.30. The van der Waals surface area contributed by atoms with Gasteiger partial charge in [0.2, 0.25) is 0 Å². The van der Waals surface area contributed by atoms with E-state index in [1.165, 1.54) is 0 Å². The lowest BCUT2D eigenvalue weighted by atomic mass is 10.7. The first kappa shape index (κ1) is 3.30. The molecular weight excluding hydrogens is 48.0 g/mol. The molecule has 4 heavy (non-hydrogen) atoms. The van der Waals surface area contributed by atoms with Gasteiger partial charge in [0.15, 0.2) is 0 Å². The Labute approximate surface area is 26.1 Å². The molecule has 0 N–H and O–H groups in total. The van der Waals surface area contributed by atoms with E-state index >= 15 is 0 Å². The van der Waals surface area contributed by atoms with Gasteiger partial charge in [-0.1, -0.05) is 0 Å². The van der Waals surface area contributed by atoms with Crippen LogP contribution in [-0.4, -0.2) is 0 Å². The highest BCUT2D eigenvalue weighted by molar-refractivity contribution is 4.94. The molecule has 0 unspecified atom stereocenters. The van der Waals surface area contributed by atoms with Gasteiger partial charge in [-0.25, -0.2) is 6.08 Å². The standard InChI is InChI=1S/C4H3/c1-3-4-2/h1H,2H2/q-1. The fourth-order valence-electron chi connectivity index (χ4n) is 0. The molecule has 0 aromatic carbocycles. The predicted octanol–water partition coefficient (Wildman–Crippen LogP) is 0.609. The lowest BCUT2D eigenvalue weighted by Gasteiger charge is -1.57. The zero-order valence-electron chi connectivity index (χ0n) is 2.28. The first-order valence-corrected chi connectivity index (χ1v) is 0.892. The van der Waals surface area contributed by atoms with E-state index in [1.807, 2.05) is 0 Å². The Morgan fingerprint density at radius 3 is 2.25 bits per heavy atom. The smallest absolute Gasteiger partial charge is 0.183 e. The van der Waals surface area contributed by atoms with Crippen LogP contribution in [-0.2, 0) is 0 Å². The van der Waals surface area contributed by atoms with Crippen LogP contribution in [0.2, 0.25) is 0 Å². The van der Waals surface area contributed by atoms with Crippen molar-refractivity contribution >= 4 is 0 Å². The Morgan fingerprint density at radius 2 is 2.25 bits per heavy atom. The molecule has 0 aromatic rings. The molecule has 0 atom stereocenters. The molecule has 0 fully saturated rings. The van der Waals surface area contributed by atoms with Gasteiger partial charge in [0, 0.05) is 0 Å². The van der Waals surface area contributed by atoms with Crippen LogP contribution in [0, 0.1) is 18.4 Å². The quantitative estimate of drug-likeness (QED) is 0.279. The van der Waals surface area contributed by atoms with Crippen LogP contribution in [0.15, 0.2) is 6.58 Å². The predicted molar refractivity (Wildman–Crippen MR) is 17.7 cm³/mol. The second-order valence-corrected chi connectivity index (χ2v) is 0.321. The molecule has 0 aliphatic rings. The SMILES string of the molecule is C#C[C-]=C. The summed E-state index contributed by atoms with van der Waals surface area (Å²) >= 11 is 0. The summed E-state index contributed by atoms with van der Waals surface area (Å²) in [7, 11) is 0. The van der Waals surface area contributed by atoms with Crippen molar-refractivity contribution in [2.45, 2.75) is 0 Å². The largest absolute Gasteiger partial charge is 0.345 e. The minimum atomic E-state index is 2.07. The Hall–Kier alpha value is -0.700. The average Bonchev–Trinajstić information content (AvgIpc) is 1.37. The minimum absolute atomic E-state index is 2.07. The summed E-state index contributed by atoms with van der Waals surface area (Å²) < 4.78 is 0. The number of rotatable bonds is 0. The lowest BCUT2D eigenvalue weighted by molar-refractivity contribution is 2.20. The molecule has 0 aromatic heterocycles.